The molecule has 2 heterocycles. The molecule has 168 valence electrons. The van der Waals surface area contributed by atoms with E-state index < -0.39 is 11.7 Å². The third-order valence-corrected chi connectivity index (χ3v) is 5.51. The van der Waals surface area contributed by atoms with E-state index in [1.54, 1.807) is 24.4 Å². The van der Waals surface area contributed by atoms with Crippen molar-refractivity contribution < 1.29 is 13.2 Å². The minimum absolute atomic E-state index is 0.0211. The third kappa shape index (κ3) is 4.90. The summed E-state index contributed by atoms with van der Waals surface area (Å²) in [6, 6.07) is 18.6. The molecule has 1 N–H and O–H groups in total. The zero-order valence-electron chi connectivity index (χ0n) is 18.3. The summed E-state index contributed by atoms with van der Waals surface area (Å²) in [5, 5.41) is 3.93. The number of aryl methyl sites for hydroxylation is 1. The summed E-state index contributed by atoms with van der Waals surface area (Å²) in [6.45, 7) is 6.34. The third-order valence-electron chi connectivity index (χ3n) is 5.51. The van der Waals surface area contributed by atoms with E-state index in [-0.39, 0.29) is 11.3 Å². The van der Waals surface area contributed by atoms with E-state index in [4.69, 9.17) is 0 Å². The summed E-state index contributed by atoms with van der Waals surface area (Å²) < 4.78 is 41.0. The number of nitrogens with zero attached hydrogens (tertiary/aromatic N) is 2. The molecule has 4 rings (SSSR count). The fourth-order valence-electron chi connectivity index (χ4n) is 3.87. The standard InChI is InChI=1S/C27H24F3N3/c1-3-4-10-19-11-5-6-13-21(19)18(2)32-26-25-20(12-9-16-31-25)17-24(33-26)22-14-7-8-15-23(22)27(28,29)30/h5-9,11-17H,2-4,10H2,1H3,(H,32,33). The zero-order chi connectivity index (χ0) is 23.4. The van der Waals surface area contributed by atoms with Crippen LogP contribution in [0.1, 0.15) is 36.5 Å². The highest BCUT2D eigenvalue weighted by Gasteiger charge is 2.33. The molecule has 0 saturated carbocycles. The lowest BCUT2D eigenvalue weighted by molar-refractivity contribution is -0.137. The number of benzene rings is 2. The Morgan fingerprint density at radius 3 is 2.55 bits per heavy atom. The van der Waals surface area contributed by atoms with Crippen LogP contribution in [0.25, 0.3) is 27.9 Å². The Kier molecular flexibility index (Phi) is 6.45. The topological polar surface area (TPSA) is 37.8 Å². The lowest BCUT2D eigenvalue weighted by atomic mass is 10.00. The number of hydrogen-bond donors (Lipinski definition) is 1. The molecule has 2 aromatic heterocycles. The van der Waals surface area contributed by atoms with Crippen molar-refractivity contribution in [2.75, 3.05) is 5.32 Å². The van der Waals surface area contributed by atoms with Gasteiger partial charge >= 0.3 is 6.18 Å². The molecule has 0 radical (unpaired) electrons. The van der Waals surface area contributed by atoms with Crippen molar-refractivity contribution in [3.05, 3.63) is 96.2 Å². The first-order valence-corrected chi connectivity index (χ1v) is 10.8. The van der Waals surface area contributed by atoms with Gasteiger partial charge in [-0.2, -0.15) is 13.2 Å². The highest BCUT2D eigenvalue weighted by atomic mass is 19.4. The van der Waals surface area contributed by atoms with Crippen LogP contribution in [0.15, 0.2) is 79.5 Å². The summed E-state index contributed by atoms with van der Waals surface area (Å²) in [5.41, 5.74) is 2.83. The summed E-state index contributed by atoms with van der Waals surface area (Å²) in [5.74, 6) is 0.371. The van der Waals surface area contributed by atoms with Gasteiger partial charge in [-0.15, -0.1) is 0 Å². The molecule has 0 aliphatic heterocycles. The highest BCUT2D eigenvalue weighted by Crippen LogP contribution is 2.38. The van der Waals surface area contributed by atoms with Gasteiger partial charge in [0.05, 0.1) is 11.3 Å². The zero-order valence-corrected chi connectivity index (χ0v) is 18.3. The average Bonchev–Trinajstić information content (AvgIpc) is 2.82. The largest absolute Gasteiger partial charge is 0.417 e. The molecule has 4 aromatic rings. The van der Waals surface area contributed by atoms with Crippen molar-refractivity contribution >= 4 is 22.4 Å². The van der Waals surface area contributed by atoms with Gasteiger partial charge in [0.15, 0.2) is 5.82 Å². The summed E-state index contributed by atoms with van der Waals surface area (Å²) in [6.07, 6.45) is 0.189. The van der Waals surface area contributed by atoms with E-state index in [2.05, 4.69) is 34.9 Å². The van der Waals surface area contributed by atoms with Crippen LogP contribution in [0, 0.1) is 0 Å². The minimum Gasteiger partial charge on any atom is -0.338 e. The Morgan fingerprint density at radius 2 is 1.76 bits per heavy atom. The number of pyridine rings is 2. The Balaban J connectivity index is 1.80. The minimum atomic E-state index is -4.49. The van der Waals surface area contributed by atoms with E-state index >= 15 is 0 Å². The van der Waals surface area contributed by atoms with Crippen LogP contribution in [0.3, 0.4) is 0 Å². The molecule has 33 heavy (non-hydrogen) atoms. The van der Waals surface area contributed by atoms with Crippen molar-refractivity contribution in [1.29, 1.82) is 0 Å². The molecule has 0 fully saturated rings. The summed E-state index contributed by atoms with van der Waals surface area (Å²) >= 11 is 0. The van der Waals surface area contributed by atoms with Gasteiger partial charge in [-0.1, -0.05) is 68.5 Å². The quantitative estimate of drug-likeness (QED) is 0.315. The van der Waals surface area contributed by atoms with Crippen molar-refractivity contribution in [2.24, 2.45) is 0 Å². The van der Waals surface area contributed by atoms with Gasteiger partial charge in [0.25, 0.3) is 0 Å². The van der Waals surface area contributed by atoms with Gasteiger partial charge in [-0.05, 0) is 36.6 Å². The first-order chi connectivity index (χ1) is 15.9. The molecule has 6 heteroatoms. The van der Waals surface area contributed by atoms with Gasteiger partial charge in [-0.3, -0.25) is 4.98 Å². The smallest absolute Gasteiger partial charge is 0.338 e. The summed E-state index contributed by atoms with van der Waals surface area (Å²) in [7, 11) is 0. The molecule has 0 spiro atoms. The Morgan fingerprint density at radius 1 is 1.00 bits per heavy atom. The molecule has 2 aromatic carbocycles. The SMILES string of the molecule is C=C(Nc1nc(-c2ccccc2C(F)(F)F)cc2cccnc12)c1ccccc1CCCC. The fourth-order valence-corrected chi connectivity index (χ4v) is 3.87. The first-order valence-electron chi connectivity index (χ1n) is 10.8. The molecule has 0 bridgehead atoms. The number of alkyl halides is 3. The molecular formula is C27H24F3N3. The summed E-state index contributed by atoms with van der Waals surface area (Å²) in [4.78, 5) is 8.99. The molecule has 0 saturated heterocycles. The van der Waals surface area contributed by atoms with Crippen molar-refractivity contribution in [1.82, 2.24) is 9.97 Å². The Bertz CT molecular complexity index is 1300. The van der Waals surface area contributed by atoms with E-state index in [1.807, 2.05) is 24.3 Å². The fraction of sp³-hybridized carbons (Fsp3) is 0.185. The van der Waals surface area contributed by atoms with Crippen LogP contribution in [-0.4, -0.2) is 9.97 Å². The van der Waals surface area contributed by atoms with Gasteiger partial charge in [0.2, 0.25) is 0 Å². The predicted octanol–water partition coefficient (Wildman–Crippen LogP) is 7.74. The van der Waals surface area contributed by atoms with E-state index in [9.17, 15) is 13.2 Å². The van der Waals surface area contributed by atoms with E-state index in [0.29, 0.717) is 22.4 Å². The number of hydrogen-bond acceptors (Lipinski definition) is 3. The second-order valence-electron chi connectivity index (χ2n) is 7.84. The predicted molar refractivity (Wildman–Crippen MR) is 128 cm³/mol. The van der Waals surface area contributed by atoms with Crippen LogP contribution >= 0.6 is 0 Å². The second kappa shape index (κ2) is 9.45. The van der Waals surface area contributed by atoms with Crippen LogP contribution in [0.5, 0.6) is 0 Å². The highest BCUT2D eigenvalue weighted by molar-refractivity contribution is 5.95. The molecule has 0 unspecified atom stereocenters. The van der Waals surface area contributed by atoms with Gasteiger partial charge < -0.3 is 5.32 Å². The molecule has 0 amide bonds. The number of rotatable bonds is 7. The Hall–Kier alpha value is -3.67. The van der Waals surface area contributed by atoms with E-state index in [1.165, 1.54) is 12.1 Å². The molecular weight excluding hydrogens is 423 g/mol. The van der Waals surface area contributed by atoms with Gasteiger partial charge in [0, 0.05) is 28.4 Å². The maximum atomic E-state index is 13.7. The second-order valence-corrected chi connectivity index (χ2v) is 7.84. The number of fused-ring (bicyclic) bond motifs is 1. The van der Waals surface area contributed by atoms with Crippen LogP contribution in [0.4, 0.5) is 19.0 Å². The van der Waals surface area contributed by atoms with Crippen molar-refractivity contribution in [3.8, 4) is 11.3 Å². The number of anilines is 1. The van der Waals surface area contributed by atoms with Crippen LogP contribution < -0.4 is 5.32 Å². The molecule has 0 aliphatic carbocycles. The first kappa shape index (κ1) is 22.5. The van der Waals surface area contributed by atoms with E-state index in [0.717, 1.165) is 36.5 Å². The lowest BCUT2D eigenvalue weighted by Crippen LogP contribution is -2.08. The molecule has 0 aliphatic rings. The number of unbranched alkanes of at least 4 members (excludes halogenated alkanes) is 1. The maximum Gasteiger partial charge on any atom is 0.417 e. The van der Waals surface area contributed by atoms with Crippen molar-refractivity contribution in [3.63, 3.8) is 0 Å². The molecule has 0 atom stereocenters. The monoisotopic (exact) mass is 447 g/mol. The number of aromatic nitrogens is 2. The number of halogens is 3. The van der Waals surface area contributed by atoms with Crippen LogP contribution in [-0.2, 0) is 12.6 Å². The van der Waals surface area contributed by atoms with Gasteiger partial charge in [-0.25, -0.2) is 4.98 Å². The van der Waals surface area contributed by atoms with Gasteiger partial charge in [0.1, 0.15) is 5.52 Å². The normalized spacial score (nSPS) is 11.5. The maximum absolute atomic E-state index is 13.7. The number of nitrogens with one attached hydrogen (secondary N) is 1. The van der Waals surface area contributed by atoms with Crippen LogP contribution in [0.2, 0.25) is 0 Å². The Labute approximate surface area is 191 Å². The molecule has 3 nitrogen and oxygen atoms in total. The van der Waals surface area contributed by atoms with Crippen molar-refractivity contribution in [2.45, 2.75) is 32.4 Å². The average molecular weight is 448 g/mol. The lowest BCUT2D eigenvalue weighted by Gasteiger charge is -2.17.